The van der Waals surface area contributed by atoms with E-state index < -0.39 is 0 Å². The summed E-state index contributed by atoms with van der Waals surface area (Å²) in [5.74, 6) is 1.64. The fourth-order valence-corrected chi connectivity index (χ4v) is 4.00. The molecule has 3 nitrogen and oxygen atoms in total. The van der Waals surface area contributed by atoms with Crippen LogP contribution < -0.4 is 0 Å². The van der Waals surface area contributed by atoms with Crippen LogP contribution in [0.15, 0.2) is 37.3 Å². The molecule has 2 aliphatic carbocycles. The predicted octanol–water partition coefficient (Wildman–Crippen LogP) is 4.24. The van der Waals surface area contributed by atoms with Crippen molar-refractivity contribution in [3.63, 3.8) is 0 Å². The van der Waals surface area contributed by atoms with Crippen LogP contribution in [0, 0.1) is 11.8 Å². The summed E-state index contributed by atoms with van der Waals surface area (Å²) in [5, 5.41) is 11.1. The number of hydrogen-bond acceptors (Lipinski definition) is 2. The molecule has 0 saturated heterocycles. The summed E-state index contributed by atoms with van der Waals surface area (Å²) in [6.45, 7) is 3.92. The van der Waals surface area contributed by atoms with Crippen LogP contribution in [0.4, 0.5) is 0 Å². The molecule has 0 spiro atoms. The van der Waals surface area contributed by atoms with E-state index in [1.165, 1.54) is 18.4 Å². The van der Waals surface area contributed by atoms with Gasteiger partial charge in [-0.2, -0.15) is 0 Å². The smallest absolute Gasteiger partial charge is 0.0995 e. The third-order valence-electron chi connectivity index (χ3n) is 5.55. The second-order valence-corrected chi connectivity index (χ2v) is 6.99. The first-order valence-corrected chi connectivity index (χ1v) is 8.53. The Balaban J connectivity index is 1.68. The van der Waals surface area contributed by atoms with Gasteiger partial charge in [-0.05, 0) is 67.9 Å². The molecule has 2 aromatic rings. The second kappa shape index (κ2) is 5.54. The molecule has 1 atom stereocenters. The fraction of sp³-hybridized carbons (Fsp3) is 0.526. The van der Waals surface area contributed by atoms with E-state index in [4.69, 9.17) is 0 Å². The highest BCUT2D eigenvalue weighted by molar-refractivity contribution is 5.50. The van der Waals surface area contributed by atoms with Crippen LogP contribution >= 0.6 is 0 Å². The molecule has 116 valence electrons. The van der Waals surface area contributed by atoms with E-state index in [0.717, 1.165) is 36.9 Å². The minimum atomic E-state index is -0.376. The molecule has 0 bridgehead atoms. The fourth-order valence-electron chi connectivity index (χ4n) is 4.00. The third kappa shape index (κ3) is 2.38. The maximum absolute atomic E-state index is 11.1. The zero-order valence-corrected chi connectivity index (χ0v) is 13.0. The van der Waals surface area contributed by atoms with Crippen molar-refractivity contribution >= 4 is 5.52 Å². The molecular weight excluding hydrogens is 272 g/mol. The van der Waals surface area contributed by atoms with E-state index in [2.05, 4.69) is 34.2 Å². The third-order valence-corrected chi connectivity index (χ3v) is 5.55. The Morgan fingerprint density at radius 3 is 2.64 bits per heavy atom. The van der Waals surface area contributed by atoms with Gasteiger partial charge in [0, 0.05) is 0 Å². The van der Waals surface area contributed by atoms with Crippen molar-refractivity contribution in [3.8, 4) is 0 Å². The van der Waals surface area contributed by atoms with Gasteiger partial charge < -0.3 is 9.51 Å². The Labute approximate surface area is 131 Å². The Hall–Kier alpha value is -1.61. The van der Waals surface area contributed by atoms with Gasteiger partial charge in [0.1, 0.15) is 0 Å². The van der Waals surface area contributed by atoms with Gasteiger partial charge in [-0.3, -0.25) is 0 Å². The molecule has 1 N–H and O–H groups in total. The number of nitrogens with zero attached hydrogens (tertiary/aromatic N) is 2. The molecule has 22 heavy (non-hydrogen) atoms. The van der Waals surface area contributed by atoms with Gasteiger partial charge in [0.05, 0.1) is 29.8 Å². The van der Waals surface area contributed by atoms with Gasteiger partial charge in [-0.25, -0.2) is 4.98 Å². The van der Waals surface area contributed by atoms with Crippen molar-refractivity contribution in [1.29, 1.82) is 0 Å². The van der Waals surface area contributed by atoms with Crippen LogP contribution in [0.3, 0.4) is 0 Å². The SMILES string of the molecule is C=CC1CCC([C@H](O)c2c(C3CC3)ccc3cncn23)CC1. The van der Waals surface area contributed by atoms with Gasteiger partial charge in [-0.15, -0.1) is 6.58 Å². The predicted molar refractivity (Wildman–Crippen MR) is 87.8 cm³/mol. The highest BCUT2D eigenvalue weighted by Crippen LogP contribution is 2.46. The van der Waals surface area contributed by atoms with Crippen LogP contribution in [0.2, 0.25) is 0 Å². The zero-order chi connectivity index (χ0) is 15.1. The lowest BCUT2D eigenvalue weighted by Crippen LogP contribution is -2.22. The molecule has 2 heterocycles. The number of hydrogen-bond donors (Lipinski definition) is 1. The number of pyridine rings is 1. The monoisotopic (exact) mass is 296 g/mol. The Morgan fingerprint density at radius 1 is 1.18 bits per heavy atom. The number of aliphatic hydroxyl groups excluding tert-OH is 1. The summed E-state index contributed by atoms with van der Waals surface area (Å²) in [4.78, 5) is 4.27. The first-order chi connectivity index (χ1) is 10.8. The largest absolute Gasteiger partial charge is 0.387 e. The average Bonchev–Trinajstić information content (AvgIpc) is 3.30. The number of fused-ring (bicyclic) bond motifs is 1. The van der Waals surface area contributed by atoms with Gasteiger partial charge in [0.2, 0.25) is 0 Å². The molecular formula is C19H24N2O. The molecule has 4 rings (SSSR count). The quantitative estimate of drug-likeness (QED) is 0.857. The summed E-state index contributed by atoms with van der Waals surface area (Å²) >= 11 is 0. The lowest BCUT2D eigenvalue weighted by Gasteiger charge is -2.31. The molecule has 3 heteroatoms. The van der Waals surface area contributed by atoms with Crippen molar-refractivity contribution in [2.45, 2.75) is 50.5 Å². The summed E-state index contributed by atoms with van der Waals surface area (Å²) in [6.07, 6.45) is 12.4. The lowest BCUT2D eigenvalue weighted by molar-refractivity contribution is 0.0730. The van der Waals surface area contributed by atoms with Gasteiger partial charge in [-0.1, -0.05) is 12.1 Å². The molecule has 0 unspecified atom stereocenters. The Morgan fingerprint density at radius 2 is 1.95 bits per heavy atom. The first kappa shape index (κ1) is 14.0. The molecule has 2 aromatic heterocycles. The van der Waals surface area contributed by atoms with Gasteiger partial charge in [0.25, 0.3) is 0 Å². The van der Waals surface area contributed by atoms with E-state index in [0.29, 0.717) is 17.8 Å². The van der Waals surface area contributed by atoms with Crippen LogP contribution in [0.25, 0.3) is 5.52 Å². The molecule has 2 aliphatic rings. The van der Waals surface area contributed by atoms with E-state index in [1.54, 1.807) is 0 Å². The highest BCUT2D eigenvalue weighted by atomic mass is 16.3. The molecule has 2 fully saturated rings. The average molecular weight is 296 g/mol. The van der Waals surface area contributed by atoms with Crippen LogP contribution in [0.1, 0.15) is 61.8 Å². The molecule has 2 saturated carbocycles. The number of imidazole rings is 1. The Kier molecular flexibility index (Phi) is 3.53. The van der Waals surface area contributed by atoms with Gasteiger partial charge >= 0.3 is 0 Å². The topological polar surface area (TPSA) is 37.5 Å². The molecule has 0 amide bonds. The van der Waals surface area contributed by atoms with E-state index >= 15 is 0 Å². The summed E-state index contributed by atoms with van der Waals surface area (Å²) in [5.41, 5.74) is 3.52. The van der Waals surface area contributed by atoms with Crippen molar-refractivity contribution in [3.05, 3.63) is 48.6 Å². The highest BCUT2D eigenvalue weighted by Gasteiger charge is 2.33. The first-order valence-electron chi connectivity index (χ1n) is 8.53. The summed E-state index contributed by atoms with van der Waals surface area (Å²) < 4.78 is 2.11. The standard InChI is InChI=1S/C19H24N2O/c1-2-13-3-5-15(6-4-13)19(22)18-17(14-7-8-14)10-9-16-11-20-12-21(16)18/h2,9-15,19,22H,1,3-8H2/t13?,15?,19-/m0/s1. The van der Waals surface area contributed by atoms with Crippen molar-refractivity contribution in [2.75, 3.05) is 0 Å². The zero-order valence-electron chi connectivity index (χ0n) is 13.0. The molecule has 0 aromatic carbocycles. The van der Waals surface area contributed by atoms with Crippen molar-refractivity contribution in [1.82, 2.24) is 9.38 Å². The maximum atomic E-state index is 11.1. The minimum absolute atomic E-state index is 0.363. The molecule has 0 radical (unpaired) electrons. The maximum Gasteiger partial charge on any atom is 0.0995 e. The van der Waals surface area contributed by atoms with Crippen LogP contribution in [0.5, 0.6) is 0 Å². The number of aromatic nitrogens is 2. The summed E-state index contributed by atoms with van der Waals surface area (Å²) in [6, 6.07) is 4.34. The number of rotatable bonds is 4. The van der Waals surface area contributed by atoms with Crippen LogP contribution in [-0.2, 0) is 0 Å². The summed E-state index contributed by atoms with van der Waals surface area (Å²) in [7, 11) is 0. The van der Waals surface area contributed by atoms with Crippen molar-refractivity contribution < 1.29 is 5.11 Å². The second-order valence-electron chi connectivity index (χ2n) is 6.99. The van der Waals surface area contributed by atoms with E-state index in [9.17, 15) is 5.11 Å². The minimum Gasteiger partial charge on any atom is -0.387 e. The van der Waals surface area contributed by atoms with E-state index in [1.807, 2.05) is 12.5 Å². The van der Waals surface area contributed by atoms with Gasteiger partial charge in [0.15, 0.2) is 0 Å². The van der Waals surface area contributed by atoms with E-state index in [-0.39, 0.29) is 6.10 Å². The van der Waals surface area contributed by atoms with Crippen LogP contribution in [-0.4, -0.2) is 14.5 Å². The number of aliphatic hydroxyl groups is 1. The lowest BCUT2D eigenvalue weighted by atomic mass is 9.78. The number of allylic oxidation sites excluding steroid dienone is 1. The molecule has 0 aliphatic heterocycles. The Bertz CT molecular complexity index is 678. The normalized spacial score (nSPS) is 27.0. The van der Waals surface area contributed by atoms with Crippen molar-refractivity contribution in [2.24, 2.45) is 11.8 Å².